The molecular weight excluding hydrogens is 232 g/mol. The Morgan fingerprint density at radius 1 is 1.53 bits per heavy atom. The average Bonchev–Trinajstić information content (AvgIpc) is 2.66. The fourth-order valence-corrected chi connectivity index (χ4v) is 3.00. The van der Waals surface area contributed by atoms with Gasteiger partial charge in [0, 0.05) is 23.5 Å². The first kappa shape index (κ1) is 11.4. The number of thiophene rings is 1. The van der Waals surface area contributed by atoms with Crippen molar-refractivity contribution in [2.75, 3.05) is 13.2 Å². The Kier molecular flexibility index (Phi) is 4.03. The maximum atomic E-state index is 10.00. The Hall–Kier alpha value is -0.0900. The molecule has 84 valence electrons. The normalized spacial score (nSPS) is 20.4. The Bertz CT molecular complexity index is 307. The second-order valence-electron chi connectivity index (χ2n) is 3.97. The van der Waals surface area contributed by atoms with Gasteiger partial charge in [0.05, 0.1) is 11.1 Å². The smallest absolute Gasteiger partial charge is 0.0885 e. The van der Waals surface area contributed by atoms with Gasteiger partial charge in [-0.2, -0.15) is 0 Å². The molecule has 1 aromatic rings. The predicted octanol–water partition coefficient (Wildman–Crippen LogP) is 3.25. The van der Waals surface area contributed by atoms with Gasteiger partial charge in [-0.3, -0.25) is 0 Å². The van der Waals surface area contributed by atoms with Gasteiger partial charge >= 0.3 is 0 Å². The van der Waals surface area contributed by atoms with Crippen molar-refractivity contribution in [2.45, 2.75) is 25.4 Å². The molecule has 2 nitrogen and oxygen atoms in total. The van der Waals surface area contributed by atoms with Crippen LogP contribution in [0.3, 0.4) is 0 Å². The van der Waals surface area contributed by atoms with Crippen LogP contribution >= 0.6 is 22.9 Å². The maximum Gasteiger partial charge on any atom is 0.0885 e. The molecule has 2 heterocycles. The summed E-state index contributed by atoms with van der Waals surface area (Å²) >= 11 is 7.36. The average molecular weight is 247 g/mol. The lowest BCUT2D eigenvalue weighted by Gasteiger charge is -2.23. The van der Waals surface area contributed by atoms with Gasteiger partial charge in [-0.15, -0.1) is 11.3 Å². The highest BCUT2D eigenvalue weighted by Gasteiger charge is 2.19. The summed E-state index contributed by atoms with van der Waals surface area (Å²) in [5.41, 5.74) is 0. The topological polar surface area (TPSA) is 29.5 Å². The van der Waals surface area contributed by atoms with E-state index in [0.717, 1.165) is 42.4 Å². The molecule has 1 fully saturated rings. The molecule has 0 bridgehead atoms. The molecule has 1 saturated heterocycles. The van der Waals surface area contributed by atoms with Crippen molar-refractivity contribution in [3.8, 4) is 0 Å². The number of hydrogen-bond acceptors (Lipinski definition) is 3. The molecule has 0 aliphatic carbocycles. The number of aliphatic hydroxyl groups excluding tert-OH is 1. The number of hydrogen-bond donors (Lipinski definition) is 1. The SMILES string of the molecule is OC(CC1CCOCC1)c1cc(Cl)cs1. The van der Waals surface area contributed by atoms with Crippen LogP contribution in [-0.2, 0) is 4.74 Å². The molecule has 1 atom stereocenters. The summed E-state index contributed by atoms with van der Waals surface area (Å²) in [5, 5.41) is 12.6. The third-order valence-corrected chi connectivity index (χ3v) is 4.20. The second kappa shape index (κ2) is 5.30. The van der Waals surface area contributed by atoms with Crippen molar-refractivity contribution < 1.29 is 9.84 Å². The van der Waals surface area contributed by atoms with Crippen LogP contribution in [0.2, 0.25) is 5.02 Å². The van der Waals surface area contributed by atoms with Crippen LogP contribution in [0.25, 0.3) is 0 Å². The minimum absolute atomic E-state index is 0.356. The molecule has 1 unspecified atom stereocenters. The number of rotatable bonds is 3. The molecule has 1 aliphatic heterocycles. The molecule has 0 spiro atoms. The molecule has 15 heavy (non-hydrogen) atoms. The number of ether oxygens (including phenoxy) is 1. The number of halogens is 1. The Balaban J connectivity index is 1.88. The van der Waals surface area contributed by atoms with Gasteiger partial charge in [-0.1, -0.05) is 11.6 Å². The van der Waals surface area contributed by atoms with Crippen molar-refractivity contribution in [2.24, 2.45) is 5.92 Å². The van der Waals surface area contributed by atoms with Gasteiger partial charge in [-0.25, -0.2) is 0 Å². The van der Waals surface area contributed by atoms with Crippen LogP contribution in [0.15, 0.2) is 11.4 Å². The molecule has 0 aromatic carbocycles. The van der Waals surface area contributed by atoms with Gasteiger partial charge in [0.25, 0.3) is 0 Å². The highest BCUT2D eigenvalue weighted by atomic mass is 35.5. The van der Waals surface area contributed by atoms with Crippen molar-refractivity contribution in [3.63, 3.8) is 0 Å². The van der Waals surface area contributed by atoms with Gasteiger partial charge < -0.3 is 9.84 Å². The molecule has 1 aromatic heterocycles. The van der Waals surface area contributed by atoms with E-state index in [1.54, 1.807) is 0 Å². The van der Waals surface area contributed by atoms with E-state index in [-0.39, 0.29) is 6.10 Å². The van der Waals surface area contributed by atoms with Gasteiger partial charge in [0.2, 0.25) is 0 Å². The highest BCUT2D eigenvalue weighted by Crippen LogP contribution is 2.32. The molecule has 0 radical (unpaired) electrons. The van der Waals surface area contributed by atoms with Crippen LogP contribution in [0, 0.1) is 5.92 Å². The highest BCUT2D eigenvalue weighted by molar-refractivity contribution is 7.10. The lowest BCUT2D eigenvalue weighted by Crippen LogP contribution is -2.17. The van der Waals surface area contributed by atoms with Gasteiger partial charge in [-0.05, 0) is 31.2 Å². The standard InChI is InChI=1S/C11H15ClO2S/c12-9-6-11(15-7-9)10(13)5-8-1-3-14-4-2-8/h6-8,10,13H,1-5H2. The van der Waals surface area contributed by atoms with Crippen molar-refractivity contribution >= 4 is 22.9 Å². The zero-order chi connectivity index (χ0) is 10.7. The fraction of sp³-hybridized carbons (Fsp3) is 0.636. The van der Waals surface area contributed by atoms with E-state index in [0.29, 0.717) is 5.92 Å². The number of aliphatic hydroxyl groups is 1. The molecule has 4 heteroatoms. The van der Waals surface area contributed by atoms with E-state index in [9.17, 15) is 5.11 Å². The summed E-state index contributed by atoms with van der Waals surface area (Å²) in [6.45, 7) is 1.67. The van der Waals surface area contributed by atoms with Crippen LogP contribution in [0.1, 0.15) is 30.2 Å². The van der Waals surface area contributed by atoms with Crippen LogP contribution in [0.4, 0.5) is 0 Å². The zero-order valence-corrected chi connectivity index (χ0v) is 10.1. The third kappa shape index (κ3) is 3.18. The molecule has 2 rings (SSSR count). The van der Waals surface area contributed by atoms with Gasteiger partial charge in [0.1, 0.15) is 0 Å². The summed E-state index contributed by atoms with van der Waals surface area (Å²) in [6.07, 6.45) is 2.61. The summed E-state index contributed by atoms with van der Waals surface area (Å²) in [4.78, 5) is 0.978. The van der Waals surface area contributed by atoms with Crippen molar-refractivity contribution in [1.29, 1.82) is 0 Å². The van der Waals surface area contributed by atoms with Crippen LogP contribution in [-0.4, -0.2) is 18.3 Å². The van der Waals surface area contributed by atoms with Crippen molar-refractivity contribution in [1.82, 2.24) is 0 Å². The molecule has 0 saturated carbocycles. The van der Waals surface area contributed by atoms with Gasteiger partial charge in [0.15, 0.2) is 0 Å². The van der Waals surface area contributed by atoms with E-state index >= 15 is 0 Å². The summed E-state index contributed by atoms with van der Waals surface area (Å²) in [5.74, 6) is 0.592. The van der Waals surface area contributed by atoms with E-state index in [1.165, 1.54) is 11.3 Å². The Labute approximate surface area is 98.8 Å². The minimum Gasteiger partial charge on any atom is -0.388 e. The quantitative estimate of drug-likeness (QED) is 0.887. The van der Waals surface area contributed by atoms with Crippen LogP contribution < -0.4 is 0 Å². The van der Waals surface area contributed by atoms with E-state index in [1.807, 2.05) is 11.4 Å². The zero-order valence-electron chi connectivity index (χ0n) is 8.49. The Morgan fingerprint density at radius 3 is 2.87 bits per heavy atom. The summed E-state index contributed by atoms with van der Waals surface area (Å²) in [7, 11) is 0. The van der Waals surface area contributed by atoms with Crippen molar-refractivity contribution in [3.05, 3.63) is 21.3 Å². The summed E-state index contributed by atoms with van der Waals surface area (Å²) < 4.78 is 5.29. The predicted molar refractivity (Wildman–Crippen MR) is 62.4 cm³/mol. The maximum absolute atomic E-state index is 10.00. The second-order valence-corrected chi connectivity index (χ2v) is 5.35. The largest absolute Gasteiger partial charge is 0.388 e. The molecule has 1 N–H and O–H groups in total. The fourth-order valence-electron chi connectivity index (χ4n) is 1.92. The van der Waals surface area contributed by atoms with E-state index in [4.69, 9.17) is 16.3 Å². The Morgan fingerprint density at radius 2 is 2.27 bits per heavy atom. The lowest BCUT2D eigenvalue weighted by atomic mass is 9.93. The summed E-state index contributed by atoms with van der Waals surface area (Å²) in [6, 6.07) is 1.86. The molecule has 0 amide bonds. The minimum atomic E-state index is -0.356. The van der Waals surface area contributed by atoms with E-state index < -0.39 is 0 Å². The third-order valence-electron chi connectivity index (χ3n) is 2.81. The first-order valence-electron chi connectivity index (χ1n) is 5.25. The van der Waals surface area contributed by atoms with E-state index in [2.05, 4.69) is 0 Å². The monoisotopic (exact) mass is 246 g/mol. The first-order chi connectivity index (χ1) is 7.25. The molecule has 1 aliphatic rings. The van der Waals surface area contributed by atoms with Crippen LogP contribution in [0.5, 0.6) is 0 Å². The lowest BCUT2D eigenvalue weighted by molar-refractivity contribution is 0.0442. The molecular formula is C11H15ClO2S. The first-order valence-corrected chi connectivity index (χ1v) is 6.51.